The van der Waals surface area contributed by atoms with Gasteiger partial charge in [0.05, 0.1) is 29.6 Å². The summed E-state index contributed by atoms with van der Waals surface area (Å²) in [5.41, 5.74) is 5.10. The van der Waals surface area contributed by atoms with E-state index in [0.29, 0.717) is 16.9 Å². The predicted octanol–water partition coefficient (Wildman–Crippen LogP) is 7.19. The molecule has 1 N–H and O–H groups in total. The second-order valence-corrected chi connectivity index (χ2v) is 11.8. The van der Waals surface area contributed by atoms with E-state index in [1.165, 1.54) is 6.42 Å². The summed E-state index contributed by atoms with van der Waals surface area (Å²) in [5, 5.41) is 4.96. The number of aromatic nitrogens is 2. The third-order valence-corrected chi connectivity index (χ3v) is 8.57. The van der Waals surface area contributed by atoms with Crippen LogP contribution in [0.2, 0.25) is 5.02 Å². The molecule has 8 heteroatoms. The van der Waals surface area contributed by atoms with Crippen LogP contribution in [0.15, 0.2) is 85.2 Å². The number of ether oxygens (including phenoxy) is 1. The van der Waals surface area contributed by atoms with E-state index in [2.05, 4.69) is 82.2 Å². The molecule has 4 atom stereocenters. The lowest BCUT2D eigenvalue weighted by Gasteiger charge is -2.37. The number of benzene rings is 2. The van der Waals surface area contributed by atoms with Crippen LogP contribution in [0.3, 0.4) is 0 Å². The molecule has 2 saturated heterocycles. The van der Waals surface area contributed by atoms with Crippen LogP contribution in [0.25, 0.3) is 5.69 Å². The highest BCUT2D eigenvalue weighted by molar-refractivity contribution is 7.80. The molecule has 4 aromatic rings. The number of nitrogens with zero attached hydrogens (tertiary/aromatic N) is 4. The molecule has 0 bridgehead atoms. The van der Waals surface area contributed by atoms with Gasteiger partial charge in [-0.1, -0.05) is 31.5 Å². The molecule has 2 aliphatic rings. The van der Waals surface area contributed by atoms with Crippen molar-refractivity contribution in [2.24, 2.45) is 11.8 Å². The van der Waals surface area contributed by atoms with Crippen molar-refractivity contribution in [3.8, 4) is 11.4 Å². The summed E-state index contributed by atoms with van der Waals surface area (Å²) in [4.78, 5) is 9.31. The Morgan fingerprint density at radius 3 is 2.38 bits per heavy atom. The average Bonchev–Trinajstić information content (AvgIpc) is 3.57. The van der Waals surface area contributed by atoms with Gasteiger partial charge in [0, 0.05) is 42.6 Å². The quantitative estimate of drug-likeness (QED) is 0.247. The first kappa shape index (κ1) is 26.7. The maximum Gasteiger partial charge on any atom is 0.174 e. The van der Waals surface area contributed by atoms with Crippen LogP contribution >= 0.6 is 23.8 Å². The molecule has 0 unspecified atom stereocenters. The van der Waals surface area contributed by atoms with Gasteiger partial charge >= 0.3 is 0 Å². The lowest BCUT2D eigenvalue weighted by atomic mass is 9.91. The maximum absolute atomic E-state index is 7.00. The number of halogens is 1. The van der Waals surface area contributed by atoms with Crippen molar-refractivity contribution in [2.75, 3.05) is 30.0 Å². The topological polar surface area (TPSA) is 45.6 Å². The van der Waals surface area contributed by atoms with Crippen LogP contribution in [-0.4, -0.2) is 34.9 Å². The van der Waals surface area contributed by atoms with E-state index in [9.17, 15) is 0 Å². The van der Waals surface area contributed by atoms with Gasteiger partial charge in [0.2, 0.25) is 0 Å². The zero-order valence-electron chi connectivity index (χ0n) is 23.0. The second kappa shape index (κ2) is 11.1. The fourth-order valence-electron chi connectivity index (χ4n) is 6.31. The Labute approximate surface area is 246 Å². The molecule has 6 nitrogen and oxygen atoms in total. The maximum atomic E-state index is 7.00. The highest BCUT2D eigenvalue weighted by atomic mass is 35.5. The first-order valence-electron chi connectivity index (χ1n) is 13.8. The molecule has 2 aromatic heterocycles. The van der Waals surface area contributed by atoms with E-state index in [4.69, 9.17) is 33.5 Å². The van der Waals surface area contributed by atoms with Crippen LogP contribution < -0.4 is 19.9 Å². The van der Waals surface area contributed by atoms with Crippen molar-refractivity contribution in [3.05, 3.63) is 102 Å². The van der Waals surface area contributed by atoms with Gasteiger partial charge in [0.15, 0.2) is 5.11 Å². The number of piperidine rings is 1. The number of hydrogen-bond acceptors (Lipinski definition) is 4. The van der Waals surface area contributed by atoms with Crippen molar-refractivity contribution in [2.45, 2.75) is 32.4 Å². The van der Waals surface area contributed by atoms with Crippen molar-refractivity contribution in [1.29, 1.82) is 0 Å². The van der Waals surface area contributed by atoms with E-state index >= 15 is 0 Å². The number of rotatable bonds is 6. The highest BCUT2D eigenvalue weighted by Gasteiger charge is 2.42. The van der Waals surface area contributed by atoms with Crippen molar-refractivity contribution in [3.63, 3.8) is 0 Å². The summed E-state index contributed by atoms with van der Waals surface area (Å²) in [6.07, 6.45) is 5.17. The second-order valence-electron chi connectivity index (χ2n) is 11.0. The minimum atomic E-state index is -0.156. The smallest absolute Gasteiger partial charge is 0.174 e. The van der Waals surface area contributed by atoms with Crippen LogP contribution in [0.5, 0.6) is 5.75 Å². The number of hydrogen-bond donors (Lipinski definition) is 1. The molecule has 6 rings (SSSR count). The Balaban J connectivity index is 1.41. The van der Waals surface area contributed by atoms with Gasteiger partial charge in [-0.3, -0.25) is 4.98 Å². The molecule has 206 valence electrons. The number of nitrogens with one attached hydrogen (secondary N) is 1. The Bertz CT molecular complexity index is 1480. The van der Waals surface area contributed by atoms with Crippen molar-refractivity contribution < 1.29 is 4.74 Å². The van der Waals surface area contributed by atoms with E-state index in [1.807, 2.05) is 36.5 Å². The van der Waals surface area contributed by atoms with Crippen molar-refractivity contribution >= 4 is 40.3 Å². The Morgan fingerprint density at radius 2 is 1.70 bits per heavy atom. The molecule has 0 radical (unpaired) electrons. The molecular formula is C32H34ClN5OS. The van der Waals surface area contributed by atoms with E-state index in [-0.39, 0.29) is 12.1 Å². The van der Waals surface area contributed by atoms with Gasteiger partial charge in [-0.25, -0.2) is 0 Å². The molecule has 2 aliphatic heterocycles. The molecule has 2 aromatic carbocycles. The number of methoxy groups -OCH3 is 1. The third-order valence-electron chi connectivity index (χ3n) is 7.95. The standard InChI is InChI=1S/C32H34ClN5OS/c1-21-17-22(2)20-36(19-21)28-14-11-24(18-26(28)33)38-31(30(35-32(38)40)27-7-4-5-15-34-27)29-8-6-16-37(29)23-9-12-25(39-3)13-10-23/h4-16,18,21-22,30-31H,17,19-20H2,1-3H3,(H,35,40)/t21-,22-,30+,31-/m1/s1. The van der Waals surface area contributed by atoms with Gasteiger partial charge in [-0.2, -0.15) is 0 Å². The number of thiocarbonyl (C=S) groups is 1. The molecule has 40 heavy (non-hydrogen) atoms. The molecule has 0 spiro atoms. The fraction of sp³-hybridized carbons (Fsp3) is 0.312. The largest absolute Gasteiger partial charge is 0.497 e. The van der Waals surface area contributed by atoms with Crippen molar-refractivity contribution in [1.82, 2.24) is 14.9 Å². The first-order valence-corrected chi connectivity index (χ1v) is 14.6. The van der Waals surface area contributed by atoms with Gasteiger partial charge in [-0.05, 0) is 97.2 Å². The molecule has 2 fully saturated rings. The summed E-state index contributed by atoms with van der Waals surface area (Å²) in [5.74, 6) is 2.11. The Kier molecular flexibility index (Phi) is 7.43. The monoisotopic (exact) mass is 571 g/mol. The third kappa shape index (κ3) is 5.04. The lowest BCUT2D eigenvalue weighted by molar-refractivity contribution is 0.357. The SMILES string of the molecule is COc1ccc(-n2cccc2[C@@H]2[C@H](c3ccccn3)NC(=S)N2c2ccc(N3C[C@H](C)C[C@@H](C)C3)c(Cl)c2)cc1. The summed E-state index contributed by atoms with van der Waals surface area (Å²) < 4.78 is 7.59. The summed E-state index contributed by atoms with van der Waals surface area (Å²) in [6.45, 7) is 6.68. The van der Waals surface area contributed by atoms with Crippen LogP contribution in [0.4, 0.5) is 11.4 Å². The van der Waals surface area contributed by atoms with Gasteiger partial charge in [0.1, 0.15) is 11.8 Å². The van der Waals surface area contributed by atoms with E-state index in [0.717, 1.165) is 52.3 Å². The number of anilines is 2. The molecule has 4 heterocycles. The van der Waals surface area contributed by atoms with E-state index < -0.39 is 0 Å². The van der Waals surface area contributed by atoms with Crippen LogP contribution in [0.1, 0.15) is 43.7 Å². The lowest BCUT2D eigenvalue weighted by Crippen LogP contribution is -2.38. The molecule has 0 aliphatic carbocycles. The number of pyridine rings is 1. The minimum Gasteiger partial charge on any atom is -0.497 e. The fourth-order valence-corrected chi connectivity index (χ4v) is 6.95. The molecule has 0 amide bonds. The summed E-state index contributed by atoms with van der Waals surface area (Å²) >= 11 is 13.0. The van der Waals surface area contributed by atoms with Gasteiger partial charge in [-0.15, -0.1) is 0 Å². The zero-order valence-corrected chi connectivity index (χ0v) is 24.6. The minimum absolute atomic E-state index is 0.150. The van der Waals surface area contributed by atoms with Gasteiger partial charge < -0.3 is 24.4 Å². The van der Waals surface area contributed by atoms with Gasteiger partial charge in [0.25, 0.3) is 0 Å². The van der Waals surface area contributed by atoms with Crippen LogP contribution in [0, 0.1) is 11.8 Å². The average molecular weight is 572 g/mol. The zero-order chi connectivity index (χ0) is 27.8. The summed E-state index contributed by atoms with van der Waals surface area (Å²) in [6, 6.07) is 24.4. The summed E-state index contributed by atoms with van der Waals surface area (Å²) in [7, 11) is 1.68. The molecular weight excluding hydrogens is 538 g/mol. The highest BCUT2D eigenvalue weighted by Crippen LogP contribution is 2.44. The first-order chi connectivity index (χ1) is 19.4. The van der Waals surface area contributed by atoms with Crippen LogP contribution in [-0.2, 0) is 0 Å². The normalized spacial score (nSPS) is 22.9. The predicted molar refractivity (Wildman–Crippen MR) is 167 cm³/mol. The molecule has 0 saturated carbocycles. The Hall–Kier alpha value is -3.55. The van der Waals surface area contributed by atoms with E-state index in [1.54, 1.807) is 7.11 Å². The Morgan fingerprint density at radius 1 is 0.950 bits per heavy atom.